The van der Waals surface area contributed by atoms with E-state index in [-0.39, 0.29) is 17.9 Å². The Hall–Kier alpha value is -2.60. The summed E-state index contributed by atoms with van der Waals surface area (Å²) in [6.07, 6.45) is 3.33. The van der Waals surface area contributed by atoms with Crippen molar-refractivity contribution < 1.29 is 9.59 Å². The first-order valence-electron chi connectivity index (χ1n) is 12.0. The van der Waals surface area contributed by atoms with Crippen LogP contribution >= 0.6 is 11.3 Å². The molecule has 3 heterocycles. The number of amides is 2. The van der Waals surface area contributed by atoms with E-state index in [2.05, 4.69) is 32.2 Å². The summed E-state index contributed by atoms with van der Waals surface area (Å²) in [6.45, 7) is 11.0. The number of anilines is 1. The maximum atomic E-state index is 14.1. The second-order valence-corrected chi connectivity index (χ2v) is 11.2. The number of carbonyl (C=O) groups excluding carboxylic acids is 2. The molecule has 1 N–H and O–H groups in total. The summed E-state index contributed by atoms with van der Waals surface area (Å²) in [5.74, 6) is 0.832. The molecule has 1 aliphatic heterocycles. The molecule has 0 unspecified atom stereocenters. The van der Waals surface area contributed by atoms with Crippen molar-refractivity contribution in [1.82, 2.24) is 9.88 Å². The summed E-state index contributed by atoms with van der Waals surface area (Å²) in [5, 5.41) is 5.43. The van der Waals surface area contributed by atoms with Crippen LogP contribution < -0.4 is 10.2 Å². The highest BCUT2D eigenvalue weighted by atomic mass is 32.1. The van der Waals surface area contributed by atoms with Crippen molar-refractivity contribution in [3.8, 4) is 0 Å². The zero-order valence-electron chi connectivity index (χ0n) is 20.1. The standard InChI is InChI=1S/C27H33N3O2S/c1-16-8-6-10-20(18(16)3)28-26(32)27(5)15-29-22-12-13-33-24(22)14-23(29)25(31)30(27)21-11-7-9-17(2)19(21)4/h7,9,11-14,16,18,20H,6,8,10,15H2,1-5H3,(H,28,32)/t16-,18+,20-,27-/m1/s1. The number of aryl methyl sites for hydroxylation is 1. The molecule has 5 nitrogen and oxygen atoms in total. The van der Waals surface area contributed by atoms with E-state index >= 15 is 0 Å². The average molecular weight is 464 g/mol. The second-order valence-electron chi connectivity index (χ2n) is 10.3. The van der Waals surface area contributed by atoms with Crippen molar-refractivity contribution in [2.75, 3.05) is 4.90 Å². The Balaban J connectivity index is 1.61. The predicted molar refractivity (Wildman–Crippen MR) is 135 cm³/mol. The molecule has 6 heteroatoms. The second kappa shape index (κ2) is 8.01. The molecule has 0 saturated heterocycles. The molecule has 0 bridgehead atoms. The van der Waals surface area contributed by atoms with Crippen LogP contribution in [-0.4, -0.2) is 28.0 Å². The van der Waals surface area contributed by atoms with Gasteiger partial charge >= 0.3 is 0 Å². The molecule has 4 atom stereocenters. The van der Waals surface area contributed by atoms with Gasteiger partial charge in [-0.25, -0.2) is 0 Å². The highest BCUT2D eigenvalue weighted by Gasteiger charge is 2.50. The van der Waals surface area contributed by atoms with Crippen LogP contribution in [-0.2, 0) is 11.3 Å². The van der Waals surface area contributed by atoms with E-state index in [1.807, 2.05) is 48.1 Å². The van der Waals surface area contributed by atoms with Gasteiger partial charge in [-0.05, 0) is 73.7 Å². The molecule has 2 amide bonds. The fourth-order valence-corrected chi connectivity index (χ4v) is 6.50. The minimum atomic E-state index is -1.03. The lowest BCUT2D eigenvalue weighted by atomic mass is 9.77. The van der Waals surface area contributed by atoms with Crippen LogP contribution in [0.15, 0.2) is 35.7 Å². The number of hydrogen-bond donors (Lipinski definition) is 1. The SMILES string of the molecule is Cc1cccc(N2C(=O)c3cc4sccc4n3C[C@]2(C)C(=O)N[C@@H]2CCC[C@@H](C)[C@@H]2C)c1C. The van der Waals surface area contributed by atoms with E-state index in [9.17, 15) is 9.59 Å². The molecular formula is C27H33N3O2S. The van der Waals surface area contributed by atoms with Crippen molar-refractivity contribution in [2.24, 2.45) is 11.8 Å². The lowest BCUT2D eigenvalue weighted by Crippen LogP contribution is -2.66. The number of aromatic nitrogens is 1. The summed E-state index contributed by atoms with van der Waals surface area (Å²) in [6, 6.07) is 10.2. The summed E-state index contributed by atoms with van der Waals surface area (Å²) >= 11 is 1.63. The molecular weight excluding hydrogens is 430 g/mol. The molecule has 1 aromatic carbocycles. The summed E-state index contributed by atoms with van der Waals surface area (Å²) < 4.78 is 3.13. The van der Waals surface area contributed by atoms with Crippen LogP contribution in [0.25, 0.3) is 10.2 Å². The molecule has 1 aliphatic carbocycles. The quantitative estimate of drug-likeness (QED) is 0.543. The monoisotopic (exact) mass is 463 g/mol. The lowest BCUT2D eigenvalue weighted by molar-refractivity contribution is -0.128. The summed E-state index contributed by atoms with van der Waals surface area (Å²) in [4.78, 5) is 29.8. The smallest absolute Gasteiger partial charge is 0.275 e. The van der Waals surface area contributed by atoms with Gasteiger partial charge in [0.05, 0.1) is 16.8 Å². The molecule has 174 valence electrons. The number of carbonyl (C=O) groups is 2. The van der Waals surface area contributed by atoms with E-state index in [1.165, 1.54) is 6.42 Å². The zero-order chi connectivity index (χ0) is 23.5. The van der Waals surface area contributed by atoms with E-state index in [1.54, 1.807) is 16.2 Å². The van der Waals surface area contributed by atoms with E-state index in [4.69, 9.17) is 0 Å². The summed E-state index contributed by atoms with van der Waals surface area (Å²) in [7, 11) is 0. The van der Waals surface area contributed by atoms with Crippen molar-refractivity contribution in [2.45, 2.75) is 72.0 Å². The Bertz CT molecular complexity index is 1240. The van der Waals surface area contributed by atoms with Gasteiger partial charge in [0.25, 0.3) is 5.91 Å². The van der Waals surface area contributed by atoms with Crippen LogP contribution in [0.1, 0.15) is 61.6 Å². The predicted octanol–water partition coefficient (Wildman–Crippen LogP) is 5.68. The Kier molecular flexibility index (Phi) is 5.39. The van der Waals surface area contributed by atoms with Crippen LogP contribution in [0.2, 0.25) is 0 Å². The van der Waals surface area contributed by atoms with Crippen LogP contribution in [0.5, 0.6) is 0 Å². The van der Waals surface area contributed by atoms with E-state index in [0.717, 1.165) is 39.9 Å². The van der Waals surface area contributed by atoms with Crippen molar-refractivity contribution >= 4 is 39.1 Å². The minimum absolute atomic E-state index is 0.0644. The average Bonchev–Trinajstić information content (AvgIpc) is 3.37. The fraction of sp³-hybridized carbons (Fsp3) is 0.481. The molecule has 33 heavy (non-hydrogen) atoms. The Morgan fingerprint density at radius 1 is 1.18 bits per heavy atom. The van der Waals surface area contributed by atoms with Gasteiger partial charge in [-0.3, -0.25) is 14.5 Å². The van der Waals surface area contributed by atoms with Crippen molar-refractivity contribution in [3.63, 3.8) is 0 Å². The number of benzene rings is 1. The first kappa shape index (κ1) is 22.2. The van der Waals surface area contributed by atoms with Gasteiger partial charge in [0.1, 0.15) is 11.2 Å². The Morgan fingerprint density at radius 2 is 1.97 bits per heavy atom. The van der Waals surface area contributed by atoms with Gasteiger partial charge in [0.15, 0.2) is 0 Å². The molecule has 2 aliphatic rings. The molecule has 0 radical (unpaired) electrons. The number of nitrogens with zero attached hydrogens (tertiary/aromatic N) is 2. The number of rotatable bonds is 3. The van der Waals surface area contributed by atoms with Crippen LogP contribution in [0, 0.1) is 25.7 Å². The number of thiophene rings is 1. The first-order valence-corrected chi connectivity index (χ1v) is 12.9. The zero-order valence-corrected chi connectivity index (χ0v) is 21.0. The van der Waals surface area contributed by atoms with Gasteiger partial charge in [-0.15, -0.1) is 11.3 Å². The number of fused-ring (bicyclic) bond motifs is 3. The molecule has 1 saturated carbocycles. The van der Waals surface area contributed by atoms with Crippen LogP contribution in [0.3, 0.4) is 0 Å². The van der Waals surface area contributed by atoms with Gasteiger partial charge in [0.2, 0.25) is 5.91 Å². The van der Waals surface area contributed by atoms with Crippen molar-refractivity contribution in [3.05, 3.63) is 52.5 Å². The van der Waals surface area contributed by atoms with Gasteiger partial charge in [0, 0.05) is 11.7 Å². The van der Waals surface area contributed by atoms with Gasteiger partial charge < -0.3 is 9.88 Å². The first-order chi connectivity index (χ1) is 15.7. The number of hydrogen-bond acceptors (Lipinski definition) is 3. The summed E-state index contributed by atoms with van der Waals surface area (Å²) in [5.41, 5.74) is 3.62. The third-order valence-electron chi connectivity index (χ3n) is 8.23. The topological polar surface area (TPSA) is 54.3 Å². The Morgan fingerprint density at radius 3 is 2.76 bits per heavy atom. The maximum Gasteiger partial charge on any atom is 0.275 e. The van der Waals surface area contributed by atoms with E-state index < -0.39 is 5.54 Å². The van der Waals surface area contributed by atoms with Gasteiger partial charge in [-0.2, -0.15) is 0 Å². The van der Waals surface area contributed by atoms with Gasteiger partial charge in [-0.1, -0.05) is 38.8 Å². The van der Waals surface area contributed by atoms with Crippen LogP contribution in [0.4, 0.5) is 5.69 Å². The molecule has 2 aromatic heterocycles. The fourth-order valence-electron chi connectivity index (χ4n) is 5.68. The maximum absolute atomic E-state index is 14.1. The lowest BCUT2D eigenvalue weighted by Gasteiger charge is -2.46. The molecule has 3 aromatic rings. The van der Waals surface area contributed by atoms with Crippen molar-refractivity contribution in [1.29, 1.82) is 0 Å². The highest BCUT2D eigenvalue weighted by molar-refractivity contribution is 7.17. The Labute approximate surface area is 199 Å². The largest absolute Gasteiger partial charge is 0.351 e. The third-order valence-corrected chi connectivity index (χ3v) is 9.09. The highest BCUT2D eigenvalue weighted by Crippen LogP contribution is 2.39. The minimum Gasteiger partial charge on any atom is -0.351 e. The molecule has 1 fully saturated rings. The number of nitrogens with one attached hydrogen (secondary N) is 1. The molecule has 0 spiro atoms. The molecule has 5 rings (SSSR count). The van der Waals surface area contributed by atoms with E-state index in [0.29, 0.717) is 24.1 Å². The normalized spacial score (nSPS) is 27.6. The third kappa shape index (κ3) is 3.41.